The van der Waals surface area contributed by atoms with E-state index in [1.807, 2.05) is 4.90 Å². The van der Waals surface area contributed by atoms with Gasteiger partial charge in [0.05, 0.1) is 0 Å². The van der Waals surface area contributed by atoms with Crippen molar-refractivity contribution in [3.63, 3.8) is 0 Å². The van der Waals surface area contributed by atoms with Crippen molar-refractivity contribution in [2.24, 2.45) is 5.73 Å². The first-order valence-corrected chi connectivity index (χ1v) is 6.62. The molecule has 102 valence electrons. The van der Waals surface area contributed by atoms with E-state index >= 15 is 0 Å². The van der Waals surface area contributed by atoms with Gasteiger partial charge in [-0.2, -0.15) is 0 Å². The lowest BCUT2D eigenvalue weighted by atomic mass is 10.1. The van der Waals surface area contributed by atoms with E-state index in [9.17, 15) is 8.78 Å². The molecule has 2 aromatic carbocycles. The summed E-state index contributed by atoms with van der Waals surface area (Å²) in [6.07, 6.45) is 0.814. The Morgan fingerprint density at radius 3 is 2.65 bits per heavy atom. The van der Waals surface area contributed by atoms with E-state index in [1.54, 1.807) is 18.2 Å². The van der Waals surface area contributed by atoms with Gasteiger partial charge in [0.1, 0.15) is 16.6 Å². The van der Waals surface area contributed by atoms with Crippen LogP contribution in [0.25, 0.3) is 0 Å². The third-order valence-corrected chi connectivity index (χ3v) is 3.69. The fourth-order valence-corrected chi connectivity index (χ4v) is 2.66. The quantitative estimate of drug-likeness (QED) is 0.861. The molecule has 0 radical (unpaired) electrons. The molecule has 2 nitrogen and oxygen atoms in total. The van der Waals surface area contributed by atoms with Crippen molar-refractivity contribution in [3.05, 3.63) is 59.2 Å². The van der Waals surface area contributed by atoms with Crippen molar-refractivity contribution in [1.29, 1.82) is 0 Å². The Hall–Kier alpha value is -2.01. The number of anilines is 2. The first-order chi connectivity index (χ1) is 9.56. The van der Waals surface area contributed by atoms with Gasteiger partial charge in [0.2, 0.25) is 0 Å². The second-order valence-corrected chi connectivity index (χ2v) is 5.14. The molecule has 0 aliphatic carbocycles. The summed E-state index contributed by atoms with van der Waals surface area (Å²) in [6, 6.07) is 9.38. The lowest BCUT2D eigenvalue weighted by molar-refractivity contribution is 0.625. The SMILES string of the molecule is NC(=S)c1ccc(N2CCc3ccc(F)cc32)cc1F. The van der Waals surface area contributed by atoms with E-state index in [4.69, 9.17) is 18.0 Å². The molecule has 20 heavy (non-hydrogen) atoms. The lowest BCUT2D eigenvalue weighted by Crippen LogP contribution is -2.16. The van der Waals surface area contributed by atoms with Crippen LogP contribution < -0.4 is 10.6 Å². The summed E-state index contributed by atoms with van der Waals surface area (Å²) < 4.78 is 27.3. The normalized spacial score (nSPS) is 13.4. The van der Waals surface area contributed by atoms with E-state index in [1.165, 1.54) is 18.2 Å². The molecule has 0 unspecified atom stereocenters. The van der Waals surface area contributed by atoms with Crippen molar-refractivity contribution < 1.29 is 8.78 Å². The maximum atomic E-state index is 13.9. The molecule has 2 N–H and O–H groups in total. The lowest BCUT2D eigenvalue weighted by Gasteiger charge is -2.20. The van der Waals surface area contributed by atoms with Gasteiger partial charge in [0.25, 0.3) is 0 Å². The zero-order valence-electron chi connectivity index (χ0n) is 10.6. The molecular weight excluding hydrogens is 278 g/mol. The summed E-state index contributed by atoms with van der Waals surface area (Å²) in [5.74, 6) is -0.754. The van der Waals surface area contributed by atoms with Gasteiger partial charge in [-0.05, 0) is 42.3 Å². The topological polar surface area (TPSA) is 29.3 Å². The van der Waals surface area contributed by atoms with Gasteiger partial charge in [0, 0.05) is 23.5 Å². The first kappa shape index (κ1) is 13.0. The van der Waals surface area contributed by atoms with E-state index in [-0.39, 0.29) is 16.4 Å². The van der Waals surface area contributed by atoms with Gasteiger partial charge < -0.3 is 10.6 Å². The molecule has 1 aliphatic heterocycles. The molecule has 0 saturated carbocycles. The van der Waals surface area contributed by atoms with Crippen molar-refractivity contribution >= 4 is 28.6 Å². The highest BCUT2D eigenvalue weighted by atomic mass is 32.1. The van der Waals surface area contributed by atoms with Crippen molar-refractivity contribution in [2.75, 3.05) is 11.4 Å². The number of benzene rings is 2. The Kier molecular flexibility index (Phi) is 3.14. The zero-order valence-corrected chi connectivity index (χ0v) is 11.4. The minimum absolute atomic E-state index is 0.0296. The molecule has 3 rings (SSSR count). The molecular formula is C15H12F2N2S. The molecule has 0 atom stereocenters. The molecule has 0 fully saturated rings. The number of halogens is 2. The molecule has 0 spiro atoms. The summed E-state index contributed by atoms with van der Waals surface area (Å²) in [5.41, 5.74) is 8.19. The van der Waals surface area contributed by atoms with Gasteiger partial charge in [-0.1, -0.05) is 18.3 Å². The highest BCUT2D eigenvalue weighted by Gasteiger charge is 2.21. The zero-order chi connectivity index (χ0) is 14.3. The van der Waals surface area contributed by atoms with Crippen LogP contribution in [-0.2, 0) is 6.42 Å². The molecule has 0 amide bonds. The van der Waals surface area contributed by atoms with Crippen LogP contribution in [0.1, 0.15) is 11.1 Å². The van der Waals surface area contributed by atoms with Gasteiger partial charge in [-0.25, -0.2) is 8.78 Å². The van der Waals surface area contributed by atoms with E-state index < -0.39 is 5.82 Å². The molecule has 0 bridgehead atoms. The Bertz CT molecular complexity index is 700. The number of thiocarbonyl (C=S) groups is 1. The van der Waals surface area contributed by atoms with Crippen LogP contribution in [0, 0.1) is 11.6 Å². The van der Waals surface area contributed by atoms with Crippen LogP contribution in [0.5, 0.6) is 0 Å². The van der Waals surface area contributed by atoms with Gasteiger partial charge in [-0.15, -0.1) is 0 Å². The number of rotatable bonds is 2. The van der Waals surface area contributed by atoms with Gasteiger partial charge >= 0.3 is 0 Å². The highest BCUT2D eigenvalue weighted by molar-refractivity contribution is 7.80. The maximum absolute atomic E-state index is 13.9. The molecule has 0 saturated heterocycles. The fraction of sp³-hybridized carbons (Fsp3) is 0.133. The maximum Gasteiger partial charge on any atom is 0.135 e. The predicted octanol–water partition coefficient (Wildman–Crippen LogP) is 3.29. The summed E-state index contributed by atoms with van der Waals surface area (Å²) in [7, 11) is 0. The molecule has 2 aromatic rings. The molecule has 5 heteroatoms. The number of fused-ring (bicyclic) bond motifs is 1. The van der Waals surface area contributed by atoms with Crippen LogP contribution in [0.3, 0.4) is 0 Å². The van der Waals surface area contributed by atoms with Gasteiger partial charge in [-0.3, -0.25) is 0 Å². The number of nitrogens with zero attached hydrogens (tertiary/aromatic N) is 1. The number of hydrogen-bond donors (Lipinski definition) is 1. The van der Waals surface area contributed by atoms with Crippen LogP contribution in [0.2, 0.25) is 0 Å². The van der Waals surface area contributed by atoms with E-state index in [0.29, 0.717) is 12.2 Å². The van der Waals surface area contributed by atoms with E-state index in [2.05, 4.69) is 0 Å². The van der Waals surface area contributed by atoms with Gasteiger partial charge in [0.15, 0.2) is 0 Å². The van der Waals surface area contributed by atoms with Crippen LogP contribution in [0.15, 0.2) is 36.4 Å². The third-order valence-electron chi connectivity index (χ3n) is 3.47. The molecule has 1 aliphatic rings. The Morgan fingerprint density at radius 2 is 1.95 bits per heavy atom. The van der Waals surface area contributed by atoms with Crippen LogP contribution >= 0.6 is 12.2 Å². The third kappa shape index (κ3) is 2.14. The van der Waals surface area contributed by atoms with Crippen LogP contribution in [-0.4, -0.2) is 11.5 Å². The summed E-state index contributed by atoms with van der Waals surface area (Å²) in [6.45, 7) is 0.699. The van der Waals surface area contributed by atoms with Crippen molar-refractivity contribution in [1.82, 2.24) is 0 Å². The monoisotopic (exact) mass is 290 g/mol. The fourth-order valence-electron chi connectivity index (χ4n) is 2.49. The van der Waals surface area contributed by atoms with Crippen molar-refractivity contribution in [2.45, 2.75) is 6.42 Å². The summed E-state index contributed by atoms with van der Waals surface area (Å²) in [4.78, 5) is 1.92. The highest BCUT2D eigenvalue weighted by Crippen LogP contribution is 2.35. The van der Waals surface area contributed by atoms with E-state index in [0.717, 1.165) is 17.7 Å². The average molecular weight is 290 g/mol. The standard InChI is InChI=1S/C15H12F2N2S/c16-10-2-1-9-5-6-19(14(9)7-10)11-3-4-12(15(18)20)13(17)8-11/h1-4,7-8H,5-6H2,(H2,18,20). The number of nitrogens with two attached hydrogens (primary N) is 1. The minimum atomic E-state index is -0.458. The Morgan fingerprint density at radius 1 is 1.15 bits per heavy atom. The summed E-state index contributed by atoms with van der Waals surface area (Å²) in [5, 5.41) is 0. The molecule has 0 aromatic heterocycles. The average Bonchev–Trinajstić information content (AvgIpc) is 2.81. The minimum Gasteiger partial charge on any atom is -0.389 e. The predicted molar refractivity (Wildman–Crippen MR) is 79.4 cm³/mol. The van der Waals surface area contributed by atoms with Crippen molar-refractivity contribution in [3.8, 4) is 0 Å². The first-order valence-electron chi connectivity index (χ1n) is 6.21. The summed E-state index contributed by atoms with van der Waals surface area (Å²) >= 11 is 4.78. The Balaban J connectivity index is 2.02. The molecule has 1 heterocycles. The van der Waals surface area contributed by atoms with Crippen LogP contribution in [0.4, 0.5) is 20.2 Å². The Labute approximate surface area is 120 Å². The second kappa shape index (κ2) is 4.83. The smallest absolute Gasteiger partial charge is 0.135 e. The second-order valence-electron chi connectivity index (χ2n) is 4.70. The largest absolute Gasteiger partial charge is 0.389 e. The number of hydrogen-bond acceptors (Lipinski definition) is 2.